The highest BCUT2D eigenvalue weighted by molar-refractivity contribution is 6.35. The van der Waals surface area contributed by atoms with Gasteiger partial charge >= 0.3 is 0 Å². The Hall–Kier alpha value is -1.59. The van der Waals surface area contributed by atoms with Crippen LogP contribution >= 0.6 is 11.6 Å². The summed E-state index contributed by atoms with van der Waals surface area (Å²) in [6.45, 7) is 0. The molecule has 0 aliphatic heterocycles. The summed E-state index contributed by atoms with van der Waals surface area (Å²) in [6.07, 6.45) is 3.23. The van der Waals surface area contributed by atoms with Gasteiger partial charge < -0.3 is 0 Å². The van der Waals surface area contributed by atoms with Crippen molar-refractivity contribution in [3.63, 3.8) is 0 Å². The molecule has 1 heterocycles. The van der Waals surface area contributed by atoms with Crippen molar-refractivity contribution >= 4 is 22.4 Å². The minimum absolute atomic E-state index is 0.578. The van der Waals surface area contributed by atoms with Crippen molar-refractivity contribution in [1.29, 1.82) is 5.26 Å². The lowest BCUT2D eigenvalue weighted by molar-refractivity contribution is 1.36. The van der Waals surface area contributed by atoms with Crippen molar-refractivity contribution in [2.75, 3.05) is 0 Å². The van der Waals surface area contributed by atoms with E-state index in [1.807, 2.05) is 12.1 Å². The smallest absolute Gasteiger partial charge is 0.0998 e. The molecule has 0 unspecified atom stereocenters. The normalized spacial score (nSPS) is 9.85. The SMILES string of the molecule is N#Cc1cccc2c(Cl)cncc12. The molecule has 1 aromatic heterocycles. The van der Waals surface area contributed by atoms with Crippen LogP contribution < -0.4 is 0 Å². The molecular weight excluding hydrogens is 184 g/mol. The van der Waals surface area contributed by atoms with Gasteiger partial charge in [-0.05, 0) is 6.07 Å². The molecule has 2 aromatic rings. The molecule has 0 saturated heterocycles. The van der Waals surface area contributed by atoms with Crippen LogP contribution in [0.5, 0.6) is 0 Å². The fraction of sp³-hybridized carbons (Fsp3) is 0. The summed E-state index contributed by atoms with van der Waals surface area (Å²) < 4.78 is 0. The van der Waals surface area contributed by atoms with Crippen molar-refractivity contribution in [3.8, 4) is 6.07 Å². The van der Waals surface area contributed by atoms with E-state index >= 15 is 0 Å². The fourth-order valence-corrected chi connectivity index (χ4v) is 1.48. The first-order valence-electron chi connectivity index (χ1n) is 3.75. The van der Waals surface area contributed by atoms with Gasteiger partial charge in [-0.3, -0.25) is 4.98 Å². The van der Waals surface area contributed by atoms with Gasteiger partial charge in [-0.15, -0.1) is 0 Å². The third-order valence-corrected chi connectivity index (χ3v) is 2.18. The van der Waals surface area contributed by atoms with E-state index in [0.717, 1.165) is 10.8 Å². The van der Waals surface area contributed by atoms with Gasteiger partial charge in [0.1, 0.15) is 0 Å². The number of nitriles is 1. The van der Waals surface area contributed by atoms with E-state index in [-0.39, 0.29) is 0 Å². The second kappa shape index (κ2) is 3.04. The highest BCUT2D eigenvalue weighted by atomic mass is 35.5. The predicted molar refractivity (Wildman–Crippen MR) is 51.5 cm³/mol. The van der Waals surface area contributed by atoms with E-state index in [2.05, 4.69) is 11.1 Å². The van der Waals surface area contributed by atoms with Crippen LogP contribution in [0.1, 0.15) is 5.56 Å². The Morgan fingerprint density at radius 1 is 1.23 bits per heavy atom. The number of hydrogen-bond donors (Lipinski definition) is 0. The van der Waals surface area contributed by atoms with Gasteiger partial charge in [0.2, 0.25) is 0 Å². The van der Waals surface area contributed by atoms with Crippen LogP contribution in [0.25, 0.3) is 10.8 Å². The van der Waals surface area contributed by atoms with Gasteiger partial charge in [0.25, 0.3) is 0 Å². The number of nitrogens with zero attached hydrogens (tertiary/aromatic N) is 2. The Labute approximate surface area is 80.4 Å². The van der Waals surface area contributed by atoms with E-state index in [1.54, 1.807) is 18.5 Å². The molecule has 0 N–H and O–H groups in total. The summed E-state index contributed by atoms with van der Waals surface area (Å²) in [5.74, 6) is 0. The van der Waals surface area contributed by atoms with Crippen molar-refractivity contribution in [1.82, 2.24) is 4.98 Å². The summed E-state index contributed by atoms with van der Waals surface area (Å²) >= 11 is 5.91. The maximum atomic E-state index is 8.81. The molecule has 13 heavy (non-hydrogen) atoms. The maximum absolute atomic E-state index is 8.81. The molecule has 2 rings (SSSR count). The minimum Gasteiger partial charge on any atom is -0.262 e. The highest BCUT2D eigenvalue weighted by Crippen LogP contribution is 2.23. The van der Waals surface area contributed by atoms with Gasteiger partial charge in [-0.1, -0.05) is 23.7 Å². The number of hydrogen-bond acceptors (Lipinski definition) is 2. The zero-order chi connectivity index (χ0) is 9.26. The minimum atomic E-state index is 0.578. The van der Waals surface area contributed by atoms with Crippen LogP contribution in [0, 0.1) is 11.3 Å². The fourth-order valence-electron chi connectivity index (χ4n) is 1.26. The van der Waals surface area contributed by atoms with E-state index in [0.29, 0.717) is 10.6 Å². The topological polar surface area (TPSA) is 36.7 Å². The lowest BCUT2D eigenvalue weighted by atomic mass is 10.1. The Morgan fingerprint density at radius 2 is 2.08 bits per heavy atom. The average molecular weight is 189 g/mol. The first-order chi connectivity index (χ1) is 6.33. The molecule has 0 bridgehead atoms. The zero-order valence-corrected chi connectivity index (χ0v) is 7.42. The predicted octanol–water partition coefficient (Wildman–Crippen LogP) is 2.76. The van der Waals surface area contributed by atoms with Crippen LogP contribution in [0.2, 0.25) is 5.02 Å². The first kappa shape index (κ1) is 8.03. The van der Waals surface area contributed by atoms with Crippen LogP contribution in [0.3, 0.4) is 0 Å². The molecule has 0 fully saturated rings. The number of halogens is 1. The van der Waals surface area contributed by atoms with Crippen LogP contribution in [0.4, 0.5) is 0 Å². The standard InChI is InChI=1S/C10H5ClN2/c11-10-6-13-5-9-7(4-12)2-1-3-8(9)10/h1-3,5-6H. The first-order valence-corrected chi connectivity index (χ1v) is 4.13. The molecule has 0 aliphatic rings. The van der Waals surface area contributed by atoms with Crippen LogP contribution in [0.15, 0.2) is 30.6 Å². The summed E-state index contributed by atoms with van der Waals surface area (Å²) in [5.41, 5.74) is 0.604. The number of benzene rings is 1. The number of fused-ring (bicyclic) bond motifs is 1. The molecular formula is C10H5ClN2. The molecule has 2 nitrogen and oxygen atoms in total. The second-order valence-electron chi connectivity index (χ2n) is 2.63. The molecule has 0 spiro atoms. The molecule has 3 heteroatoms. The molecule has 0 radical (unpaired) electrons. The van der Waals surface area contributed by atoms with E-state index in [4.69, 9.17) is 16.9 Å². The molecule has 62 valence electrons. The van der Waals surface area contributed by atoms with Crippen molar-refractivity contribution in [2.45, 2.75) is 0 Å². The number of rotatable bonds is 0. The molecule has 0 aliphatic carbocycles. The van der Waals surface area contributed by atoms with Crippen molar-refractivity contribution in [2.24, 2.45) is 0 Å². The van der Waals surface area contributed by atoms with E-state index < -0.39 is 0 Å². The van der Waals surface area contributed by atoms with Gasteiger partial charge in [-0.2, -0.15) is 5.26 Å². The van der Waals surface area contributed by atoms with Gasteiger partial charge in [-0.25, -0.2) is 0 Å². The highest BCUT2D eigenvalue weighted by Gasteiger charge is 2.02. The summed E-state index contributed by atoms with van der Waals surface area (Å²) in [4.78, 5) is 3.94. The summed E-state index contributed by atoms with van der Waals surface area (Å²) in [6, 6.07) is 7.54. The molecule has 0 amide bonds. The molecule has 0 atom stereocenters. The maximum Gasteiger partial charge on any atom is 0.0998 e. The summed E-state index contributed by atoms with van der Waals surface area (Å²) in [7, 11) is 0. The Morgan fingerprint density at radius 3 is 2.85 bits per heavy atom. The monoisotopic (exact) mass is 188 g/mol. The van der Waals surface area contributed by atoms with Gasteiger partial charge in [0.15, 0.2) is 0 Å². The number of pyridine rings is 1. The van der Waals surface area contributed by atoms with Crippen molar-refractivity contribution in [3.05, 3.63) is 41.2 Å². The number of aromatic nitrogens is 1. The zero-order valence-electron chi connectivity index (χ0n) is 6.66. The third kappa shape index (κ3) is 1.24. The lowest BCUT2D eigenvalue weighted by Gasteiger charge is -1.99. The lowest BCUT2D eigenvalue weighted by Crippen LogP contribution is -1.81. The van der Waals surface area contributed by atoms with Gasteiger partial charge in [0, 0.05) is 23.2 Å². The Bertz CT molecular complexity index is 500. The van der Waals surface area contributed by atoms with Gasteiger partial charge in [0.05, 0.1) is 16.7 Å². The summed E-state index contributed by atoms with van der Waals surface area (Å²) in [5, 5.41) is 11.1. The third-order valence-electron chi connectivity index (χ3n) is 1.88. The van der Waals surface area contributed by atoms with Crippen LogP contribution in [-0.4, -0.2) is 4.98 Å². The quantitative estimate of drug-likeness (QED) is 0.638. The largest absolute Gasteiger partial charge is 0.262 e. The van der Waals surface area contributed by atoms with Crippen molar-refractivity contribution < 1.29 is 0 Å². The average Bonchev–Trinajstić information content (AvgIpc) is 2.18. The Balaban J connectivity index is 2.94. The van der Waals surface area contributed by atoms with Crippen LogP contribution in [-0.2, 0) is 0 Å². The van der Waals surface area contributed by atoms with E-state index in [9.17, 15) is 0 Å². The second-order valence-corrected chi connectivity index (χ2v) is 3.04. The Kier molecular flexibility index (Phi) is 1.88. The van der Waals surface area contributed by atoms with E-state index in [1.165, 1.54) is 0 Å². The molecule has 0 saturated carbocycles. The molecule has 1 aromatic carbocycles.